The number of aliphatic hydroxyl groups excluding tert-OH is 1. The van der Waals surface area contributed by atoms with Crippen LogP contribution in [0, 0.1) is 5.92 Å². The number of rotatable bonds is 9. The van der Waals surface area contributed by atoms with Crippen LogP contribution in [0.3, 0.4) is 0 Å². The standard InChI is InChI=1S/C16H32N2O/c1-3-11-17-16(13-19)10-5-6-14(16)9-12-18(4-2)15-7-8-15/h14-15,17,19H,3-13H2,1-2H3. The molecule has 2 rings (SSSR count). The first-order chi connectivity index (χ1) is 9.25. The zero-order chi connectivity index (χ0) is 13.7. The van der Waals surface area contributed by atoms with E-state index < -0.39 is 0 Å². The van der Waals surface area contributed by atoms with E-state index in [1.165, 1.54) is 45.2 Å². The van der Waals surface area contributed by atoms with Gasteiger partial charge in [-0.25, -0.2) is 0 Å². The Bertz CT molecular complexity index is 267. The lowest BCUT2D eigenvalue weighted by molar-refractivity contribution is 0.111. The molecule has 0 aromatic rings. The normalized spacial score (nSPS) is 31.3. The molecule has 3 heteroatoms. The van der Waals surface area contributed by atoms with Gasteiger partial charge in [-0.15, -0.1) is 0 Å². The third-order valence-electron chi connectivity index (χ3n) is 5.20. The van der Waals surface area contributed by atoms with Crippen molar-refractivity contribution in [3.05, 3.63) is 0 Å². The summed E-state index contributed by atoms with van der Waals surface area (Å²) in [4.78, 5) is 2.64. The Morgan fingerprint density at radius 1 is 1.26 bits per heavy atom. The molecule has 0 spiro atoms. The quantitative estimate of drug-likeness (QED) is 0.674. The highest BCUT2D eigenvalue weighted by Gasteiger charge is 2.42. The molecule has 3 nitrogen and oxygen atoms in total. The van der Waals surface area contributed by atoms with E-state index in [0.29, 0.717) is 12.5 Å². The molecule has 0 aromatic carbocycles. The third kappa shape index (κ3) is 3.71. The summed E-state index contributed by atoms with van der Waals surface area (Å²) in [7, 11) is 0. The summed E-state index contributed by atoms with van der Waals surface area (Å²) in [5, 5.41) is 13.5. The van der Waals surface area contributed by atoms with Crippen molar-refractivity contribution in [2.75, 3.05) is 26.2 Å². The molecule has 0 bridgehead atoms. The largest absolute Gasteiger partial charge is 0.394 e. The van der Waals surface area contributed by atoms with E-state index >= 15 is 0 Å². The van der Waals surface area contributed by atoms with Crippen molar-refractivity contribution in [2.45, 2.75) is 70.4 Å². The van der Waals surface area contributed by atoms with Gasteiger partial charge in [0.2, 0.25) is 0 Å². The van der Waals surface area contributed by atoms with Crippen molar-refractivity contribution in [1.29, 1.82) is 0 Å². The molecule has 2 N–H and O–H groups in total. The van der Waals surface area contributed by atoms with Crippen LogP contribution < -0.4 is 5.32 Å². The third-order valence-corrected chi connectivity index (χ3v) is 5.20. The smallest absolute Gasteiger partial charge is 0.0616 e. The Balaban J connectivity index is 1.85. The highest BCUT2D eigenvalue weighted by atomic mass is 16.3. The summed E-state index contributed by atoms with van der Waals surface area (Å²) in [6, 6.07) is 0.874. The maximum absolute atomic E-state index is 9.88. The molecule has 0 radical (unpaired) electrons. The predicted molar refractivity (Wildman–Crippen MR) is 80.3 cm³/mol. The average Bonchev–Trinajstić information content (AvgIpc) is 3.19. The van der Waals surface area contributed by atoms with Crippen LogP contribution in [-0.2, 0) is 0 Å². The van der Waals surface area contributed by atoms with Gasteiger partial charge < -0.3 is 15.3 Å². The second-order valence-corrected chi connectivity index (χ2v) is 6.48. The molecule has 0 aromatic heterocycles. The van der Waals surface area contributed by atoms with Crippen molar-refractivity contribution in [2.24, 2.45) is 5.92 Å². The zero-order valence-electron chi connectivity index (χ0n) is 12.8. The van der Waals surface area contributed by atoms with Gasteiger partial charge in [0.1, 0.15) is 0 Å². The minimum atomic E-state index is 0.0268. The van der Waals surface area contributed by atoms with Crippen molar-refractivity contribution >= 4 is 0 Å². The van der Waals surface area contributed by atoms with Gasteiger partial charge >= 0.3 is 0 Å². The van der Waals surface area contributed by atoms with Crippen LogP contribution >= 0.6 is 0 Å². The second kappa shape index (κ2) is 7.05. The van der Waals surface area contributed by atoms with Gasteiger partial charge in [-0.2, -0.15) is 0 Å². The zero-order valence-corrected chi connectivity index (χ0v) is 12.8. The first-order valence-corrected chi connectivity index (χ1v) is 8.35. The Morgan fingerprint density at radius 3 is 2.63 bits per heavy atom. The molecule has 2 fully saturated rings. The summed E-state index contributed by atoms with van der Waals surface area (Å²) in [5.74, 6) is 0.664. The average molecular weight is 268 g/mol. The van der Waals surface area contributed by atoms with E-state index in [4.69, 9.17) is 0 Å². The van der Waals surface area contributed by atoms with Crippen LogP contribution in [0.25, 0.3) is 0 Å². The van der Waals surface area contributed by atoms with Gasteiger partial charge in [-0.1, -0.05) is 20.3 Å². The topological polar surface area (TPSA) is 35.5 Å². The highest BCUT2D eigenvalue weighted by molar-refractivity contribution is 4.99. The summed E-state index contributed by atoms with van der Waals surface area (Å²) in [5.41, 5.74) is 0.0268. The minimum Gasteiger partial charge on any atom is -0.394 e. The number of nitrogens with one attached hydrogen (secondary N) is 1. The summed E-state index contributed by atoms with van der Waals surface area (Å²) < 4.78 is 0. The van der Waals surface area contributed by atoms with Crippen LogP contribution in [0.15, 0.2) is 0 Å². The fourth-order valence-corrected chi connectivity index (χ4v) is 3.80. The lowest BCUT2D eigenvalue weighted by Gasteiger charge is -2.36. The molecule has 0 amide bonds. The minimum absolute atomic E-state index is 0.0268. The van der Waals surface area contributed by atoms with Gasteiger partial charge in [0.25, 0.3) is 0 Å². The Labute approximate surface area is 118 Å². The lowest BCUT2D eigenvalue weighted by Crippen LogP contribution is -2.52. The van der Waals surface area contributed by atoms with Crippen LogP contribution in [0.5, 0.6) is 0 Å². The highest BCUT2D eigenvalue weighted by Crippen LogP contribution is 2.38. The maximum Gasteiger partial charge on any atom is 0.0616 e. The van der Waals surface area contributed by atoms with Crippen molar-refractivity contribution < 1.29 is 5.11 Å². The molecule has 2 saturated carbocycles. The number of hydrogen-bond donors (Lipinski definition) is 2. The van der Waals surface area contributed by atoms with Crippen LogP contribution in [0.2, 0.25) is 0 Å². The molecule has 0 saturated heterocycles. The number of aliphatic hydroxyl groups is 1. The van der Waals surface area contributed by atoms with Crippen molar-refractivity contribution in [1.82, 2.24) is 10.2 Å². The van der Waals surface area contributed by atoms with Gasteiger partial charge in [0.15, 0.2) is 0 Å². The Morgan fingerprint density at radius 2 is 2.05 bits per heavy atom. The van der Waals surface area contributed by atoms with Gasteiger partial charge in [0, 0.05) is 11.6 Å². The van der Waals surface area contributed by atoms with Crippen LogP contribution in [-0.4, -0.2) is 47.8 Å². The summed E-state index contributed by atoms with van der Waals surface area (Å²) >= 11 is 0. The molecule has 19 heavy (non-hydrogen) atoms. The van der Waals surface area contributed by atoms with Gasteiger partial charge in [-0.05, 0) is 64.1 Å². The van der Waals surface area contributed by atoms with E-state index in [1.54, 1.807) is 0 Å². The first kappa shape index (κ1) is 15.3. The molecule has 2 atom stereocenters. The van der Waals surface area contributed by atoms with E-state index in [9.17, 15) is 5.11 Å². The number of nitrogens with zero attached hydrogens (tertiary/aromatic N) is 1. The summed E-state index contributed by atoms with van der Waals surface area (Å²) in [6.45, 7) is 8.24. The molecule has 2 aliphatic rings. The van der Waals surface area contributed by atoms with E-state index in [-0.39, 0.29) is 5.54 Å². The fourth-order valence-electron chi connectivity index (χ4n) is 3.80. The molecule has 0 aliphatic heterocycles. The van der Waals surface area contributed by atoms with Gasteiger partial charge in [0.05, 0.1) is 6.61 Å². The first-order valence-electron chi connectivity index (χ1n) is 8.35. The van der Waals surface area contributed by atoms with E-state index in [1.807, 2.05) is 0 Å². The molecule has 2 aliphatic carbocycles. The molecular weight excluding hydrogens is 236 g/mol. The fraction of sp³-hybridized carbons (Fsp3) is 1.00. The van der Waals surface area contributed by atoms with E-state index in [2.05, 4.69) is 24.1 Å². The molecule has 0 heterocycles. The summed E-state index contributed by atoms with van der Waals surface area (Å²) in [6.07, 6.45) is 8.93. The van der Waals surface area contributed by atoms with Crippen molar-refractivity contribution in [3.8, 4) is 0 Å². The second-order valence-electron chi connectivity index (χ2n) is 6.48. The Hall–Kier alpha value is -0.120. The number of hydrogen-bond acceptors (Lipinski definition) is 3. The van der Waals surface area contributed by atoms with Crippen LogP contribution in [0.4, 0.5) is 0 Å². The maximum atomic E-state index is 9.88. The molecule has 2 unspecified atom stereocenters. The van der Waals surface area contributed by atoms with E-state index in [0.717, 1.165) is 25.4 Å². The van der Waals surface area contributed by atoms with Gasteiger partial charge in [-0.3, -0.25) is 0 Å². The van der Waals surface area contributed by atoms with Crippen LogP contribution in [0.1, 0.15) is 58.8 Å². The molecular formula is C16H32N2O. The SMILES string of the molecule is CCCNC1(CO)CCCC1CCN(CC)C1CC1. The molecule has 112 valence electrons. The Kier molecular flexibility index (Phi) is 5.67. The lowest BCUT2D eigenvalue weighted by atomic mass is 9.85. The monoisotopic (exact) mass is 268 g/mol. The predicted octanol–water partition coefficient (Wildman–Crippen LogP) is 2.39. The van der Waals surface area contributed by atoms with Crippen molar-refractivity contribution in [3.63, 3.8) is 0 Å².